The smallest absolute Gasteiger partial charge is 0.224 e. The zero-order valence-electron chi connectivity index (χ0n) is 12.1. The van der Waals surface area contributed by atoms with E-state index in [-0.39, 0.29) is 5.43 Å². The van der Waals surface area contributed by atoms with Gasteiger partial charge in [0.15, 0.2) is 5.75 Å². The second kappa shape index (κ2) is 6.39. The monoisotopic (exact) mass is 273 g/mol. The Kier molecular flexibility index (Phi) is 4.58. The Bertz CT molecular complexity index is 632. The SMILES string of the molecule is COCc1c(OCc2ccccc2)c(=O)cc(C)n1C. The Morgan fingerprint density at radius 2 is 1.85 bits per heavy atom. The topological polar surface area (TPSA) is 40.5 Å². The lowest BCUT2D eigenvalue weighted by Crippen LogP contribution is -2.18. The number of hydrogen-bond acceptors (Lipinski definition) is 3. The number of hydrogen-bond donors (Lipinski definition) is 0. The molecule has 4 heteroatoms. The molecule has 0 saturated heterocycles. The minimum absolute atomic E-state index is 0.108. The first-order valence-corrected chi connectivity index (χ1v) is 6.48. The molecule has 1 aromatic heterocycles. The molecule has 0 atom stereocenters. The summed E-state index contributed by atoms with van der Waals surface area (Å²) < 4.78 is 12.8. The van der Waals surface area contributed by atoms with Gasteiger partial charge in [0.25, 0.3) is 0 Å². The van der Waals surface area contributed by atoms with Crippen LogP contribution in [0.2, 0.25) is 0 Å². The van der Waals surface area contributed by atoms with Crippen LogP contribution in [0.3, 0.4) is 0 Å². The molecule has 0 spiro atoms. The highest BCUT2D eigenvalue weighted by Gasteiger charge is 2.13. The van der Waals surface area contributed by atoms with Crippen LogP contribution in [-0.2, 0) is 25.0 Å². The third-order valence-corrected chi connectivity index (χ3v) is 3.27. The van der Waals surface area contributed by atoms with Crippen LogP contribution in [0, 0.1) is 6.92 Å². The fourth-order valence-corrected chi connectivity index (χ4v) is 2.04. The van der Waals surface area contributed by atoms with E-state index in [1.54, 1.807) is 13.2 Å². The number of aryl methyl sites for hydroxylation is 1. The van der Waals surface area contributed by atoms with Gasteiger partial charge in [-0.1, -0.05) is 30.3 Å². The average Bonchev–Trinajstić information content (AvgIpc) is 2.45. The van der Waals surface area contributed by atoms with E-state index in [1.807, 2.05) is 48.9 Å². The maximum absolute atomic E-state index is 12.1. The molecule has 0 unspecified atom stereocenters. The molecule has 0 aliphatic rings. The molecule has 0 fully saturated rings. The van der Waals surface area contributed by atoms with Crippen LogP contribution in [0.25, 0.3) is 0 Å². The van der Waals surface area contributed by atoms with E-state index in [1.165, 1.54) is 0 Å². The van der Waals surface area contributed by atoms with E-state index in [0.29, 0.717) is 19.0 Å². The minimum atomic E-state index is -0.108. The van der Waals surface area contributed by atoms with Crippen LogP contribution in [-0.4, -0.2) is 11.7 Å². The molecule has 0 amide bonds. The largest absolute Gasteiger partial charge is 0.483 e. The maximum Gasteiger partial charge on any atom is 0.224 e. The molecule has 0 saturated carbocycles. The summed E-state index contributed by atoms with van der Waals surface area (Å²) in [6.07, 6.45) is 0. The van der Waals surface area contributed by atoms with Crippen molar-refractivity contribution in [3.63, 3.8) is 0 Å². The van der Waals surface area contributed by atoms with Crippen molar-refractivity contribution >= 4 is 0 Å². The van der Waals surface area contributed by atoms with Crippen LogP contribution in [0.15, 0.2) is 41.2 Å². The van der Waals surface area contributed by atoms with Crippen LogP contribution in [0.1, 0.15) is 17.0 Å². The molecule has 0 aliphatic carbocycles. The molecule has 0 aliphatic heterocycles. The van der Waals surface area contributed by atoms with E-state index < -0.39 is 0 Å². The van der Waals surface area contributed by atoms with Crippen LogP contribution in [0.4, 0.5) is 0 Å². The molecule has 106 valence electrons. The maximum atomic E-state index is 12.1. The van der Waals surface area contributed by atoms with E-state index in [0.717, 1.165) is 17.0 Å². The molecule has 4 nitrogen and oxygen atoms in total. The van der Waals surface area contributed by atoms with Crippen LogP contribution in [0.5, 0.6) is 5.75 Å². The van der Waals surface area contributed by atoms with Gasteiger partial charge in [0, 0.05) is 25.9 Å². The first-order valence-electron chi connectivity index (χ1n) is 6.48. The number of ether oxygens (including phenoxy) is 2. The average molecular weight is 273 g/mol. The number of aromatic nitrogens is 1. The third-order valence-electron chi connectivity index (χ3n) is 3.27. The Morgan fingerprint density at radius 1 is 1.15 bits per heavy atom. The lowest BCUT2D eigenvalue weighted by atomic mass is 10.2. The normalized spacial score (nSPS) is 10.6. The fraction of sp³-hybridized carbons (Fsp3) is 0.312. The number of benzene rings is 1. The molecule has 0 radical (unpaired) electrons. The second-order valence-electron chi connectivity index (χ2n) is 4.69. The van der Waals surface area contributed by atoms with Gasteiger partial charge in [0.2, 0.25) is 5.43 Å². The molecule has 2 rings (SSSR count). The van der Waals surface area contributed by atoms with Crippen molar-refractivity contribution in [1.29, 1.82) is 0 Å². The fourth-order valence-electron chi connectivity index (χ4n) is 2.04. The first kappa shape index (κ1) is 14.3. The zero-order chi connectivity index (χ0) is 14.5. The Balaban J connectivity index is 2.31. The summed E-state index contributed by atoms with van der Waals surface area (Å²) in [5, 5.41) is 0. The highest BCUT2D eigenvalue weighted by Crippen LogP contribution is 2.17. The van der Waals surface area contributed by atoms with Crippen molar-refractivity contribution in [2.24, 2.45) is 7.05 Å². The number of methoxy groups -OCH3 is 1. The molecule has 0 bridgehead atoms. The van der Waals surface area contributed by atoms with Gasteiger partial charge in [-0.15, -0.1) is 0 Å². The second-order valence-corrected chi connectivity index (χ2v) is 4.69. The lowest BCUT2D eigenvalue weighted by Gasteiger charge is -2.16. The van der Waals surface area contributed by atoms with Gasteiger partial charge in [-0.3, -0.25) is 4.79 Å². The summed E-state index contributed by atoms with van der Waals surface area (Å²) in [6.45, 7) is 2.61. The van der Waals surface area contributed by atoms with Gasteiger partial charge in [-0.25, -0.2) is 0 Å². The predicted octanol–water partition coefficient (Wildman–Crippen LogP) is 2.42. The molecule has 1 heterocycles. The summed E-state index contributed by atoms with van der Waals surface area (Å²) >= 11 is 0. The molecule has 0 N–H and O–H groups in total. The van der Waals surface area contributed by atoms with Gasteiger partial charge in [-0.2, -0.15) is 0 Å². The van der Waals surface area contributed by atoms with Crippen molar-refractivity contribution in [2.45, 2.75) is 20.1 Å². The number of nitrogens with zero attached hydrogens (tertiary/aromatic N) is 1. The van der Waals surface area contributed by atoms with Crippen LogP contribution >= 0.6 is 0 Å². The number of pyridine rings is 1. The summed E-state index contributed by atoms with van der Waals surface area (Å²) in [5.41, 5.74) is 2.56. The number of rotatable bonds is 5. The van der Waals surface area contributed by atoms with Crippen molar-refractivity contribution in [2.75, 3.05) is 7.11 Å². The summed E-state index contributed by atoms with van der Waals surface area (Å²) in [7, 11) is 3.51. The Hall–Kier alpha value is -2.07. The standard InChI is InChI=1S/C16H19NO3/c1-12-9-15(18)16(14(11-19-3)17(12)2)20-10-13-7-5-4-6-8-13/h4-9H,10-11H2,1-3H3. The molecule has 1 aromatic carbocycles. The summed E-state index contributed by atoms with van der Waals surface area (Å²) in [6, 6.07) is 11.4. The third kappa shape index (κ3) is 3.08. The van der Waals surface area contributed by atoms with Gasteiger partial charge in [0.1, 0.15) is 6.61 Å². The molecule has 20 heavy (non-hydrogen) atoms. The van der Waals surface area contributed by atoms with Crippen molar-refractivity contribution in [3.8, 4) is 5.75 Å². The Labute approximate surface area is 118 Å². The van der Waals surface area contributed by atoms with E-state index in [2.05, 4.69) is 0 Å². The van der Waals surface area contributed by atoms with Crippen molar-refractivity contribution in [3.05, 3.63) is 63.6 Å². The van der Waals surface area contributed by atoms with Crippen molar-refractivity contribution in [1.82, 2.24) is 4.57 Å². The van der Waals surface area contributed by atoms with E-state index >= 15 is 0 Å². The molecule has 2 aromatic rings. The van der Waals surface area contributed by atoms with Gasteiger partial charge < -0.3 is 14.0 Å². The first-order chi connectivity index (χ1) is 9.63. The quantitative estimate of drug-likeness (QED) is 0.840. The minimum Gasteiger partial charge on any atom is -0.483 e. The van der Waals surface area contributed by atoms with Gasteiger partial charge in [-0.05, 0) is 12.5 Å². The summed E-state index contributed by atoms with van der Waals surface area (Å²) in [4.78, 5) is 12.1. The van der Waals surface area contributed by atoms with E-state index in [4.69, 9.17) is 9.47 Å². The van der Waals surface area contributed by atoms with E-state index in [9.17, 15) is 4.79 Å². The highest BCUT2D eigenvalue weighted by atomic mass is 16.5. The molecular weight excluding hydrogens is 254 g/mol. The van der Waals surface area contributed by atoms with Gasteiger partial charge in [0.05, 0.1) is 12.3 Å². The molecular formula is C16H19NO3. The zero-order valence-corrected chi connectivity index (χ0v) is 12.1. The highest BCUT2D eigenvalue weighted by molar-refractivity contribution is 5.31. The van der Waals surface area contributed by atoms with Gasteiger partial charge >= 0.3 is 0 Å². The Morgan fingerprint density at radius 3 is 2.50 bits per heavy atom. The van der Waals surface area contributed by atoms with Crippen LogP contribution < -0.4 is 10.2 Å². The predicted molar refractivity (Wildman–Crippen MR) is 77.9 cm³/mol. The lowest BCUT2D eigenvalue weighted by molar-refractivity contribution is 0.171. The summed E-state index contributed by atoms with van der Waals surface area (Å²) in [5.74, 6) is 0.365. The van der Waals surface area contributed by atoms with Crippen molar-refractivity contribution < 1.29 is 9.47 Å².